The van der Waals surface area contributed by atoms with E-state index in [9.17, 15) is 0 Å². The van der Waals surface area contributed by atoms with E-state index < -0.39 is 9.28 Å². The van der Waals surface area contributed by atoms with Gasteiger partial charge in [-0.2, -0.15) is 0 Å². The average molecular weight is 203 g/mol. The molecule has 0 bridgehead atoms. The van der Waals surface area contributed by atoms with Crippen molar-refractivity contribution in [3.63, 3.8) is 0 Å². The standard InChI is InChI=1S/C9H21NO2Si/c1-11-13(12-2)8-10-9-6-4-3-5-7-9/h9-10,13H,3-8H2,1-2H3. The fraction of sp³-hybridized carbons (Fsp3) is 1.00. The topological polar surface area (TPSA) is 30.5 Å². The average Bonchev–Trinajstić information content (AvgIpc) is 2.21. The van der Waals surface area contributed by atoms with Crippen LogP contribution in [0.5, 0.6) is 0 Å². The molecule has 1 aliphatic carbocycles. The summed E-state index contributed by atoms with van der Waals surface area (Å²) in [5, 5.41) is 3.54. The molecule has 0 amide bonds. The Morgan fingerprint density at radius 3 is 2.31 bits per heavy atom. The first-order chi connectivity index (χ1) is 6.36. The zero-order chi connectivity index (χ0) is 9.52. The summed E-state index contributed by atoms with van der Waals surface area (Å²) in [5.41, 5.74) is 0. The lowest BCUT2D eigenvalue weighted by Crippen LogP contribution is -2.41. The summed E-state index contributed by atoms with van der Waals surface area (Å²) < 4.78 is 10.5. The molecule has 13 heavy (non-hydrogen) atoms. The molecule has 4 heteroatoms. The molecule has 1 N–H and O–H groups in total. The first-order valence-electron chi connectivity index (χ1n) is 5.15. The van der Waals surface area contributed by atoms with Gasteiger partial charge in [0.05, 0.1) is 0 Å². The Balaban J connectivity index is 2.09. The van der Waals surface area contributed by atoms with Crippen LogP contribution in [0.15, 0.2) is 0 Å². The van der Waals surface area contributed by atoms with Gasteiger partial charge < -0.3 is 14.2 Å². The van der Waals surface area contributed by atoms with Crippen LogP contribution in [0.1, 0.15) is 32.1 Å². The van der Waals surface area contributed by atoms with E-state index in [2.05, 4.69) is 5.32 Å². The van der Waals surface area contributed by atoms with Gasteiger partial charge in [-0.05, 0) is 12.8 Å². The third-order valence-corrected chi connectivity index (χ3v) is 4.32. The van der Waals surface area contributed by atoms with E-state index in [1.54, 1.807) is 14.2 Å². The van der Waals surface area contributed by atoms with Gasteiger partial charge >= 0.3 is 9.28 Å². The van der Waals surface area contributed by atoms with Gasteiger partial charge in [-0.1, -0.05) is 19.3 Å². The summed E-state index contributed by atoms with van der Waals surface area (Å²) in [6.07, 6.45) is 7.77. The van der Waals surface area contributed by atoms with E-state index in [-0.39, 0.29) is 0 Å². The van der Waals surface area contributed by atoms with E-state index in [1.807, 2.05) is 0 Å². The largest absolute Gasteiger partial charge is 0.399 e. The molecular formula is C9H21NO2Si. The predicted molar refractivity (Wildman–Crippen MR) is 56.0 cm³/mol. The summed E-state index contributed by atoms with van der Waals surface area (Å²) in [6.45, 7) is 0. The highest BCUT2D eigenvalue weighted by atomic mass is 28.3. The predicted octanol–water partition coefficient (Wildman–Crippen LogP) is 0.961. The lowest BCUT2D eigenvalue weighted by atomic mass is 9.96. The Bertz CT molecular complexity index is 125. The van der Waals surface area contributed by atoms with Crippen molar-refractivity contribution in [1.29, 1.82) is 0 Å². The minimum atomic E-state index is -1.37. The summed E-state index contributed by atoms with van der Waals surface area (Å²) >= 11 is 0. The number of hydrogen-bond acceptors (Lipinski definition) is 3. The molecule has 0 atom stereocenters. The van der Waals surface area contributed by atoms with Crippen LogP contribution in [0.2, 0.25) is 0 Å². The van der Waals surface area contributed by atoms with Gasteiger partial charge in [0.25, 0.3) is 0 Å². The Morgan fingerprint density at radius 1 is 1.15 bits per heavy atom. The van der Waals surface area contributed by atoms with Crippen molar-refractivity contribution >= 4 is 9.28 Å². The molecule has 0 heterocycles. The summed E-state index contributed by atoms with van der Waals surface area (Å²) in [6, 6.07) is 0.717. The lowest BCUT2D eigenvalue weighted by molar-refractivity contribution is 0.268. The smallest absolute Gasteiger partial charge is 0.335 e. The Morgan fingerprint density at radius 2 is 1.77 bits per heavy atom. The molecule has 0 saturated heterocycles. The van der Waals surface area contributed by atoms with Gasteiger partial charge in [0.2, 0.25) is 0 Å². The van der Waals surface area contributed by atoms with Crippen LogP contribution in [0, 0.1) is 0 Å². The zero-order valence-electron chi connectivity index (χ0n) is 8.71. The highest BCUT2D eigenvalue weighted by Crippen LogP contribution is 2.17. The normalized spacial score (nSPS) is 19.6. The fourth-order valence-electron chi connectivity index (χ4n) is 1.83. The lowest BCUT2D eigenvalue weighted by Gasteiger charge is -2.24. The van der Waals surface area contributed by atoms with Gasteiger partial charge in [0.1, 0.15) is 0 Å². The maximum atomic E-state index is 5.24. The van der Waals surface area contributed by atoms with Crippen molar-refractivity contribution in [1.82, 2.24) is 5.32 Å². The summed E-state index contributed by atoms with van der Waals surface area (Å²) in [7, 11) is 2.10. The molecule has 0 unspecified atom stereocenters. The first kappa shape index (κ1) is 11.2. The van der Waals surface area contributed by atoms with Crippen molar-refractivity contribution in [3.8, 4) is 0 Å². The van der Waals surface area contributed by atoms with Crippen LogP contribution in [-0.2, 0) is 8.85 Å². The quantitative estimate of drug-likeness (QED) is 0.675. The van der Waals surface area contributed by atoms with Gasteiger partial charge in [-0.3, -0.25) is 0 Å². The Hall–Kier alpha value is 0.0969. The van der Waals surface area contributed by atoms with Gasteiger partial charge in [-0.15, -0.1) is 0 Å². The second-order valence-electron chi connectivity index (χ2n) is 3.64. The molecule has 0 aliphatic heterocycles. The third-order valence-electron chi connectivity index (χ3n) is 2.70. The van der Waals surface area contributed by atoms with Crippen molar-refractivity contribution in [2.75, 3.05) is 20.4 Å². The molecule has 78 valence electrons. The van der Waals surface area contributed by atoms with Gasteiger partial charge in [-0.25, -0.2) is 0 Å². The molecule has 0 spiro atoms. The Kier molecular flexibility index (Phi) is 5.62. The van der Waals surface area contributed by atoms with Crippen molar-refractivity contribution in [2.24, 2.45) is 0 Å². The van der Waals surface area contributed by atoms with Crippen LogP contribution >= 0.6 is 0 Å². The molecule has 1 aliphatic rings. The molecule has 0 radical (unpaired) electrons. The maximum absolute atomic E-state index is 5.24. The molecular weight excluding hydrogens is 182 g/mol. The molecule has 1 saturated carbocycles. The molecule has 0 aromatic heterocycles. The van der Waals surface area contributed by atoms with Gasteiger partial charge in [0.15, 0.2) is 0 Å². The van der Waals surface area contributed by atoms with E-state index in [4.69, 9.17) is 8.85 Å². The Labute approximate surface area is 82.7 Å². The van der Waals surface area contributed by atoms with Crippen LogP contribution in [0.3, 0.4) is 0 Å². The van der Waals surface area contributed by atoms with Crippen LogP contribution < -0.4 is 5.32 Å². The molecule has 3 nitrogen and oxygen atoms in total. The second kappa shape index (κ2) is 6.54. The molecule has 0 aromatic carbocycles. The van der Waals surface area contributed by atoms with Crippen molar-refractivity contribution in [3.05, 3.63) is 0 Å². The molecule has 1 fully saturated rings. The van der Waals surface area contributed by atoms with Crippen LogP contribution in [0.25, 0.3) is 0 Å². The fourth-order valence-corrected chi connectivity index (χ4v) is 2.88. The highest BCUT2D eigenvalue weighted by molar-refractivity contribution is 6.44. The molecule has 1 rings (SSSR count). The van der Waals surface area contributed by atoms with Gasteiger partial charge in [0, 0.05) is 26.4 Å². The minimum Gasteiger partial charge on any atom is -0.399 e. The third kappa shape index (κ3) is 4.22. The van der Waals surface area contributed by atoms with E-state index >= 15 is 0 Å². The van der Waals surface area contributed by atoms with E-state index in [0.29, 0.717) is 6.04 Å². The number of nitrogens with one attached hydrogen (secondary N) is 1. The van der Waals surface area contributed by atoms with Crippen LogP contribution in [-0.4, -0.2) is 35.7 Å². The summed E-state index contributed by atoms with van der Waals surface area (Å²) in [4.78, 5) is 0. The maximum Gasteiger partial charge on any atom is 0.335 e. The summed E-state index contributed by atoms with van der Waals surface area (Å²) in [5.74, 6) is 0. The minimum absolute atomic E-state index is 0.717. The number of hydrogen-bond donors (Lipinski definition) is 1. The first-order valence-corrected chi connectivity index (χ1v) is 6.91. The van der Waals surface area contributed by atoms with Crippen molar-refractivity contribution in [2.45, 2.75) is 38.1 Å². The van der Waals surface area contributed by atoms with E-state index in [0.717, 1.165) is 6.17 Å². The monoisotopic (exact) mass is 203 g/mol. The van der Waals surface area contributed by atoms with Crippen molar-refractivity contribution < 1.29 is 8.85 Å². The second-order valence-corrected chi connectivity index (χ2v) is 5.85. The van der Waals surface area contributed by atoms with Crippen LogP contribution in [0.4, 0.5) is 0 Å². The highest BCUT2D eigenvalue weighted by Gasteiger charge is 2.16. The SMILES string of the molecule is CO[SiH](CNC1CCCCC1)OC. The molecule has 0 aromatic rings. The number of rotatable bonds is 5. The zero-order valence-corrected chi connectivity index (χ0v) is 9.87. The van der Waals surface area contributed by atoms with E-state index in [1.165, 1.54) is 32.1 Å².